The molecule has 2 aliphatic rings. The maximum absolute atomic E-state index is 6.25. The van der Waals surface area contributed by atoms with Gasteiger partial charge in [0.15, 0.2) is 0 Å². The zero-order valence-electron chi connectivity index (χ0n) is 10.6. The summed E-state index contributed by atoms with van der Waals surface area (Å²) in [6, 6.07) is 0.391. The number of hydrogen-bond donors (Lipinski definition) is 1. The highest BCUT2D eigenvalue weighted by Crippen LogP contribution is 2.41. The van der Waals surface area contributed by atoms with E-state index >= 15 is 0 Å². The molecule has 0 bridgehead atoms. The Labute approximate surface area is 107 Å². The molecule has 2 N–H and O–H groups in total. The standard InChI is InChI=1S/C13H21N3S/c1-8-13(15-9(2)17-8)7-16-5-11(10-3-4-10)12(14)6-16/h10-12H,3-7,14H2,1-2H3/t11-,12+/m0/s1. The molecule has 1 saturated heterocycles. The minimum absolute atomic E-state index is 0.391. The summed E-state index contributed by atoms with van der Waals surface area (Å²) >= 11 is 1.80. The Balaban J connectivity index is 1.64. The molecule has 3 rings (SSSR count). The van der Waals surface area contributed by atoms with E-state index in [2.05, 4.69) is 23.7 Å². The highest BCUT2D eigenvalue weighted by Gasteiger charge is 2.40. The van der Waals surface area contributed by atoms with Crippen molar-refractivity contribution < 1.29 is 0 Å². The zero-order chi connectivity index (χ0) is 12.0. The third-order valence-electron chi connectivity index (χ3n) is 4.09. The van der Waals surface area contributed by atoms with Crippen molar-refractivity contribution in [2.75, 3.05) is 13.1 Å². The predicted molar refractivity (Wildman–Crippen MR) is 71.1 cm³/mol. The van der Waals surface area contributed by atoms with E-state index in [4.69, 9.17) is 5.73 Å². The predicted octanol–water partition coefficient (Wildman–Crippen LogP) is 1.93. The first-order valence-electron chi connectivity index (χ1n) is 6.54. The summed E-state index contributed by atoms with van der Waals surface area (Å²) in [7, 11) is 0. The summed E-state index contributed by atoms with van der Waals surface area (Å²) in [5, 5.41) is 1.18. The SMILES string of the molecule is Cc1nc(CN2C[C@@H](N)[C@H](C3CC3)C2)c(C)s1. The van der Waals surface area contributed by atoms with Crippen molar-refractivity contribution in [1.29, 1.82) is 0 Å². The molecule has 1 aliphatic heterocycles. The van der Waals surface area contributed by atoms with Crippen LogP contribution >= 0.6 is 11.3 Å². The fraction of sp³-hybridized carbons (Fsp3) is 0.769. The summed E-state index contributed by atoms with van der Waals surface area (Å²) in [6.45, 7) is 7.49. The van der Waals surface area contributed by atoms with Gasteiger partial charge in [-0.25, -0.2) is 4.98 Å². The molecule has 3 nitrogen and oxygen atoms in total. The Morgan fingerprint density at radius 1 is 1.35 bits per heavy atom. The van der Waals surface area contributed by atoms with Crippen LogP contribution in [0.15, 0.2) is 0 Å². The normalized spacial score (nSPS) is 30.1. The van der Waals surface area contributed by atoms with Crippen molar-refractivity contribution in [2.45, 2.75) is 39.3 Å². The summed E-state index contributed by atoms with van der Waals surface area (Å²) < 4.78 is 0. The van der Waals surface area contributed by atoms with Gasteiger partial charge >= 0.3 is 0 Å². The minimum atomic E-state index is 0.391. The van der Waals surface area contributed by atoms with Gasteiger partial charge in [0, 0.05) is 30.6 Å². The van der Waals surface area contributed by atoms with E-state index in [9.17, 15) is 0 Å². The Kier molecular flexibility index (Phi) is 2.97. The van der Waals surface area contributed by atoms with Crippen LogP contribution < -0.4 is 5.73 Å². The molecule has 94 valence electrons. The van der Waals surface area contributed by atoms with Crippen LogP contribution in [0, 0.1) is 25.7 Å². The Bertz CT molecular complexity index is 411. The molecular weight excluding hydrogens is 230 g/mol. The lowest BCUT2D eigenvalue weighted by Crippen LogP contribution is -2.30. The highest BCUT2D eigenvalue weighted by molar-refractivity contribution is 7.11. The highest BCUT2D eigenvalue weighted by atomic mass is 32.1. The average Bonchev–Trinajstić information content (AvgIpc) is 2.96. The maximum Gasteiger partial charge on any atom is 0.0900 e. The van der Waals surface area contributed by atoms with Crippen molar-refractivity contribution in [2.24, 2.45) is 17.6 Å². The van der Waals surface area contributed by atoms with Crippen LogP contribution in [0.2, 0.25) is 0 Å². The lowest BCUT2D eigenvalue weighted by atomic mass is 9.99. The summed E-state index contributed by atoms with van der Waals surface area (Å²) in [5.41, 5.74) is 7.51. The van der Waals surface area contributed by atoms with E-state index in [1.54, 1.807) is 11.3 Å². The summed E-state index contributed by atoms with van der Waals surface area (Å²) in [5.74, 6) is 1.67. The first-order valence-corrected chi connectivity index (χ1v) is 7.36. The molecule has 0 unspecified atom stereocenters. The van der Waals surface area contributed by atoms with E-state index in [1.807, 2.05) is 0 Å². The molecule has 17 heavy (non-hydrogen) atoms. The number of hydrogen-bond acceptors (Lipinski definition) is 4. The Morgan fingerprint density at radius 2 is 2.12 bits per heavy atom. The molecule has 1 saturated carbocycles. The van der Waals surface area contributed by atoms with Gasteiger partial charge in [0.25, 0.3) is 0 Å². The number of likely N-dealkylation sites (tertiary alicyclic amines) is 1. The molecule has 2 fully saturated rings. The summed E-state index contributed by atoms with van der Waals surface area (Å²) in [6.07, 6.45) is 2.81. The van der Waals surface area contributed by atoms with Crippen LogP contribution in [-0.4, -0.2) is 29.0 Å². The van der Waals surface area contributed by atoms with Gasteiger partial charge in [-0.05, 0) is 38.5 Å². The van der Waals surface area contributed by atoms with Crippen molar-refractivity contribution >= 4 is 11.3 Å². The second-order valence-corrected chi connectivity index (χ2v) is 7.00. The number of aromatic nitrogens is 1. The first kappa shape index (κ1) is 11.6. The number of aryl methyl sites for hydroxylation is 2. The summed E-state index contributed by atoms with van der Waals surface area (Å²) in [4.78, 5) is 8.48. The average molecular weight is 251 g/mol. The largest absolute Gasteiger partial charge is 0.326 e. The van der Waals surface area contributed by atoms with E-state index in [-0.39, 0.29) is 0 Å². The number of nitrogens with two attached hydrogens (primary N) is 1. The maximum atomic E-state index is 6.25. The second-order valence-electron chi connectivity index (χ2n) is 5.59. The van der Waals surface area contributed by atoms with Crippen LogP contribution in [0.4, 0.5) is 0 Å². The molecule has 2 atom stereocenters. The quantitative estimate of drug-likeness (QED) is 0.892. The molecule has 1 aromatic rings. The Morgan fingerprint density at radius 3 is 2.71 bits per heavy atom. The van der Waals surface area contributed by atoms with Gasteiger partial charge in [-0.1, -0.05) is 0 Å². The molecule has 4 heteroatoms. The van der Waals surface area contributed by atoms with Crippen molar-refractivity contribution in [3.8, 4) is 0 Å². The molecule has 0 radical (unpaired) electrons. The smallest absolute Gasteiger partial charge is 0.0900 e. The van der Waals surface area contributed by atoms with Gasteiger partial charge < -0.3 is 5.73 Å². The van der Waals surface area contributed by atoms with E-state index in [0.29, 0.717) is 6.04 Å². The van der Waals surface area contributed by atoms with Crippen molar-refractivity contribution in [3.05, 3.63) is 15.6 Å². The fourth-order valence-electron chi connectivity index (χ4n) is 3.02. The van der Waals surface area contributed by atoms with Crippen LogP contribution in [0.1, 0.15) is 28.4 Å². The van der Waals surface area contributed by atoms with Crippen LogP contribution in [0.5, 0.6) is 0 Å². The number of rotatable bonds is 3. The molecule has 0 amide bonds. The van der Waals surface area contributed by atoms with Crippen molar-refractivity contribution in [1.82, 2.24) is 9.88 Å². The van der Waals surface area contributed by atoms with Gasteiger partial charge in [0.2, 0.25) is 0 Å². The molecule has 0 aromatic carbocycles. The van der Waals surface area contributed by atoms with Gasteiger partial charge in [-0.15, -0.1) is 11.3 Å². The van der Waals surface area contributed by atoms with E-state index in [0.717, 1.165) is 24.9 Å². The van der Waals surface area contributed by atoms with Crippen LogP contribution in [0.25, 0.3) is 0 Å². The monoisotopic (exact) mass is 251 g/mol. The van der Waals surface area contributed by atoms with Gasteiger partial charge in [-0.3, -0.25) is 4.90 Å². The molecule has 2 heterocycles. The van der Waals surface area contributed by atoms with E-state index < -0.39 is 0 Å². The topological polar surface area (TPSA) is 42.2 Å². The van der Waals surface area contributed by atoms with Crippen molar-refractivity contribution in [3.63, 3.8) is 0 Å². The molecule has 0 spiro atoms. The number of nitrogens with zero attached hydrogens (tertiary/aromatic N) is 2. The van der Waals surface area contributed by atoms with Gasteiger partial charge in [0.1, 0.15) is 0 Å². The molecule has 1 aliphatic carbocycles. The zero-order valence-corrected chi connectivity index (χ0v) is 11.5. The lowest BCUT2D eigenvalue weighted by Gasteiger charge is -2.14. The Hall–Kier alpha value is -0.450. The second kappa shape index (κ2) is 4.34. The van der Waals surface area contributed by atoms with Crippen LogP contribution in [0.3, 0.4) is 0 Å². The first-order chi connectivity index (χ1) is 8.13. The third kappa shape index (κ3) is 2.39. The van der Waals surface area contributed by atoms with E-state index in [1.165, 1.54) is 35.0 Å². The van der Waals surface area contributed by atoms with Crippen LogP contribution in [-0.2, 0) is 6.54 Å². The fourth-order valence-corrected chi connectivity index (χ4v) is 3.85. The number of thiazole rings is 1. The molecular formula is C13H21N3S. The minimum Gasteiger partial charge on any atom is -0.326 e. The van der Waals surface area contributed by atoms with Gasteiger partial charge in [-0.2, -0.15) is 0 Å². The van der Waals surface area contributed by atoms with Gasteiger partial charge in [0.05, 0.1) is 10.7 Å². The lowest BCUT2D eigenvalue weighted by molar-refractivity contribution is 0.306. The third-order valence-corrected chi connectivity index (χ3v) is 5.02. The molecule has 1 aromatic heterocycles.